The number of likely N-dealkylation sites (N-methyl/N-ethyl adjacent to an activating group) is 2. The van der Waals surface area contributed by atoms with Gasteiger partial charge in [-0.3, -0.25) is 0 Å². The van der Waals surface area contributed by atoms with E-state index in [-0.39, 0.29) is 11.6 Å². The summed E-state index contributed by atoms with van der Waals surface area (Å²) in [6.07, 6.45) is 2.39. The smallest absolute Gasteiger partial charge is 0.320 e. The molecule has 1 heterocycles. The van der Waals surface area contributed by atoms with Crippen molar-refractivity contribution in [1.29, 1.82) is 0 Å². The van der Waals surface area contributed by atoms with Crippen molar-refractivity contribution in [2.24, 2.45) is 0 Å². The molecule has 1 spiro atoms. The minimum Gasteiger partial charge on any atom is -0.325 e. The molecular weight excluding hydrogens is 128 g/mol. The highest BCUT2D eigenvalue weighted by molar-refractivity contribution is 5.78. The molecular formula is C7H12N2O. The molecule has 10 heavy (non-hydrogen) atoms. The van der Waals surface area contributed by atoms with Crippen molar-refractivity contribution in [3.8, 4) is 0 Å². The van der Waals surface area contributed by atoms with Crippen LogP contribution in [0, 0.1) is 0 Å². The predicted molar refractivity (Wildman–Crippen MR) is 37.8 cm³/mol. The predicted octanol–water partition coefficient (Wildman–Crippen LogP) is 0.516. The van der Waals surface area contributed by atoms with Crippen LogP contribution >= 0.6 is 0 Å². The fourth-order valence-electron chi connectivity index (χ4n) is 1.71. The van der Waals surface area contributed by atoms with Crippen molar-refractivity contribution in [3.63, 3.8) is 0 Å². The molecule has 56 valence electrons. The van der Waals surface area contributed by atoms with Gasteiger partial charge in [0.05, 0.1) is 5.54 Å². The zero-order valence-electron chi connectivity index (χ0n) is 6.42. The summed E-state index contributed by atoms with van der Waals surface area (Å²) < 4.78 is 0. The number of urea groups is 1. The van der Waals surface area contributed by atoms with Crippen LogP contribution in [0.1, 0.15) is 12.8 Å². The van der Waals surface area contributed by atoms with Crippen LogP contribution in [0.3, 0.4) is 0 Å². The van der Waals surface area contributed by atoms with E-state index in [9.17, 15) is 4.79 Å². The first-order valence-electron chi connectivity index (χ1n) is 3.65. The van der Waals surface area contributed by atoms with E-state index in [0.717, 1.165) is 6.54 Å². The van der Waals surface area contributed by atoms with Gasteiger partial charge in [0.25, 0.3) is 0 Å². The highest BCUT2D eigenvalue weighted by Crippen LogP contribution is 2.45. The number of hydrogen-bond donors (Lipinski definition) is 0. The maximum atomic E-state index is 11.2. The van der Waals surface area contributed by atoms with Crippen LogP contribution < -0.4 is 0 Å². The Labute approximate surface area is 60.6 Å². The van der Waals surface area contributed by atoms with Gasteiger partial charge in [0.2, 0.25) is 0 Å². The highest BCUT2D eigenvalue weighted by Gasteiger charge is 2.54. The summed E-state index contributed by atoms with van der Waals surface area (Å²) in [7, 11) is 3.77. The third-order valence-electron chi connectivity index (χ3n) is 2.68. The fraction of sp³-hybridized carbons (Fsp3) is 0.857. The number of carbonyl (C=O) groups is 1. The topological polar surface area (TPSA) is 23.6 Å². The van der Waals surface area contributed by atoms with E-state index >= 15 is 0 Å². The third kappa shape index (κ3) is 0.528. The molecule has 0 unspecified atom stereocenters. The van der Waals surface area contributed by atoms with Gasteiger partial charge in [0.15, 0.2) is 0 Å². The number of rotatable bonds is 0. The fourth-order valence-corrected chi connectivity index (χ4v) is 1.71. The average Bonchev–Trinajstić information content (AvgIpc) is 2.62. The molecule has 2 aliphatic rings. The quantitative estimate of drug-likeness (QED) is 0.481. The highest BCUT2D eigenvalue weighted by atomic mass is 16.2. The maximum absolute atomic E-state index is 11.2. The van der Waals surface area contributed by atoms with Crippen molar-refractivity contribution < 1.29 is 4.79 Å². The summed E-state index contributed by atoms with van der Waals surface area (Å²) in [6, 6.07) is 0.178. The summed E-state index contributed by atoms with van der Waals surface area (Å²) >= 11 is 0. The second kappa shape index (κ2) is 1.47. The van der Waals surface area contributed by atoms with Gasteiger partial charge in [-0.25, -0.2) is 4.79 Å². The van der Waals surface area contributed by atoms with Crippen LogP contribution in [0.4, 0.5) is 4.79 Å². The summed E-state index contributed by atoms with van der Waals surface area (Å²) in [6.45, 7) is 0.933. The van der Waals surface area contributed by atoms with Crippen LogP contribution in [-0.2, 0) is 0 Å². The minimum atomic E-state index is 0.178. The number of hydrogen-bond acceptors (Lipinski definition) is 1. The molecule has 3 heteroatoms. The van der Waals surface area contributed by atoms with Gasteiger partial charge in [-0.05, 0) is 12.8 Å². The summed E-state index contributed by atoms with van der Waals surface area (Å²) in [4.78, 5) is 14.9. The normalized spacial score (nSPS) is 28.4. The number of carbonyl (C=O) groups excluding carboxylic acids is 1. The molecule has 0 aromatic rings. The lowest BCUT2D eigenvalue weighted by Gasteiger charge is -2.14. The van der Waals surface area contributed by atoms with Crippen LogP contribution in [0.25, 0.3) is 0 Å². The standard InChI is InChI=1S/C7H12N2O/c1-8-5-7(3-4-7)9(2)6(8)10/h3-5H2,1-2H3. The molecule has 2 amide bonds. The molecule has 0 aromatic carbocycles. The molecule has 3 nitrogen and oxygen atoms in total. The molecule has 2 rings (SSSR count). The second-order valence-corrected chi connectivity index (χ2v) is 3.42. The molecule has 1 saturated carbocycles. The molecule has 1 saturated heterocycles. The Hall–Kier alpha value is -0.730. The monoisotopic (exact) mass is 140 g/mol. The molecule has 1 aliphatic heterocycles. The van der Waals surface area contributed by atoms with E-state index in [1.54, 1.807) is 4.90 Å². The first-order valence-corrected chi connectivity index (χ1v) is 3.65. The van der Waals surface area contributed by atoms with Gasteiger partial charge in [-0.1, -0.05) is 0 Å². The van der Waals surface area contributed by atoms with E-state index in [2.05, 4.69) is 0 Å². The van der Waals surface area contributed by atoms with E-state index in [1.165, 1.54) is 12.8 Å². The van der Waals surface area contributed by atoms with Crippen LogP contribution in [-0.4, -0.2) is 42.0 Å². The summed E-state index contributed by atoms with van der Waals surface area (Å²) in [5.41, 5.74) is 0.256. The number of nitrogens with zero attached hydrogens (tertiary/aromatic N) is 2. The average molecular weight is 140 g/mol. The molecule has 0 atom stereocenters. The van der Waals surface area contributed by atoms with Crippen LogP contribution in [0.2, 0.25) is 0 Å². The Bertz CT molecular complexity index is 186. The van der Waals surface area contributed by atoms with Crippen molar-refractivity contribution in [1.82, 2.24) is 9.80 Å². The molecule has 0 bridgehead atoms. The third-order valence-corrected chi connectivity index (χ3v) is 2.68. The van der Waals surface area contributed by atoms with Crippen molar-refractivity contribution >= 4 is 6.03 Å². The van der Waals surface area contributed by atoms with E-state index in [0.29, 0.717) is 0 Å². The Morgan fingerprint density at radius 2 is 2.00 bits per heavy atom. The largest absolute Gasteiger partial charge is 0.325 e. The lowest BCUT2D eigenvalue weighted by molar-refractivity contribution is 0.199. The lowest BCUT2D eigenvalue weighted by atomic mass is 10.3. The molecule has 1 aliphatic carbocycles. The van der Waals surface area contributed by atoms with Gasteiger partial charge in [0, 0.05) is 20.6 Å². The SMILES string of the molecule is CN1CC2(CC2)N(C)C1=O. The number of amides is 2. The summed E-state index contributed by atoms with van der Waals surface area (Å²) in [5.74, 6) is 0. The van der Waals surface area contributed by atoms with Crippen LogP contribution in [0.15, 0.2) is 0 Å². The Kier molecular flexibility index (Phi) is 0.881. The van der Waals surface area contributed by atoms with E-state index in [1.807, 2.05) is 19.0 Å². The molecule has 0 radical (unpaired) electrons. The Morgan fingerprint density at radius 3 is 2.20 bits per heavy atom. The Balaban J connectivity index is 2.23. The summed E-state index contributed by atoms with van der Waals surface area (Å²) in [5, 5.41) is 0. The molecule has 0 aromatic heterocycles. The Morgan fingerprint density at radius 1 is 1.40 bits per heavy atom. The van der Waals surface area contributed by atoms with Crippen molar-refractivity contribution in [2.45, 2.75) is 18.4 Å². The zero-order valence-corrected chi connectivity index (χ0v) is 6.42. The minimum absolute atomic E-state index is 0.178. The first kappa shape index (κ1) is 6.01. The zero-order chi connectivity index (χ0) is 7.35. The van der Waals surface area contributed by atoms with Gasteiger partial charge in [-0.2, -0.15) is 0 Å². The van der Waals surface area contributed by atoms with Crippen molar-refractivity contribution in [2.75, 3.05) is 20.6 Å². The first-order chi connectivity index (χ1) is 4.66. The van der Waals surface area contributed by atoms with E-state index < -0.39 is 0 Å². The maximum Gasteiger partial charge on any atom is 0.320 e. The van der Waals surface area contributed by atoms with E-state index in [4.69, 9.17) is 0 Å². The lowest BCUT2D eigenvalue weighted by Crippen LogP contribution is -2.31. The van der Waals surface area contributed by atoms with Crippen molar-refractivity contribution in [3.05, 3.63) is 0 Å². The van der Waals surface area contributed by atoms with Gasteiger partial charge in [-0.15, -0.1) is 0 Å². The van der Waals surface area contributed by atoms with Gasteiger partial charge < -0.3 is 9.80 Å². The molecule has 2 fully saturated rings. The second-order valence-electron chi connectivity index (χ2n) is 3.42. The van der Waals surface area contributed by atoms with Gasteiger partial charge >= 0.3 is 6.03 Å². The van der Waals surface area contributed by atoms with Crippen LogP contribution in [0.5, 0.6) is 0 Å². The molecule has 0 N–H and O–H groups in total. The van der Waals surface area contributed by atoms with Gasteiger partial charge in [0.1, 0.15) is 0 Å².